The fourth-order valence-electron chi connectivity index (χ4n) is 3.40. The summed E-state index contributed by atoms with van der Waals surface area (Å²) in [6.45, 7) is 0.169. The molecule has 11 heteroatoms. The zero-order chi connectivity index (χ0) is 23.4. The minimum absolute atomic E-state index is 0.0258. The largest absolute Gasteiger partial charge is 0.573 e. The molecule has 8 nitrogen and oxygen atoms in total. The van der Waals surface area contributed by atoms with E-state index in [1.165, 1.54) is 29.1 Å². The maximum absolute atomic E-state index is 12.3. The van der Waals surface area contributed by atoms with Gasteiger partial charge in [-0.15, -0.1) is 13.2 Å². The highest BCUT2D eigenvalue weighted by Gasteiger charge is 2.40. The van der Waals surface area contributed by atoms with E-state index in [0.717, 1.165) is 16.7 Å². The van der Waals surface area contributed by atoms with Gasteiger partial charge in [0.2, 0.25) is 0 Å². The Morgan fingerprint density at radius 2 is 1.82 bits per heavy atom. The van der Waals surface area contributed by atoms with Gasteiger partial charge in [0.1, 0.15) is 12.4 Å². The van der Waals surface area contributed by atoms with Crippen molar-refractivity contribution in [2.24, 2.45) is 0 Å². The van der Waals surface area contributed by atoms with Gasteiger partial charge in [-0.05, 0) is 28.8 Å². The van der Waals surface area contributed by atoms with Crippen LogP contribution in [0.3, 0.4) is 0 Å². The van der Waals surface area contributed by atoms with Crippen molar-refractivity contribution in [1.82, 2.24) is 9.55 Å². The molecule has 2 unspecified atom stereocenters. The van der Waals surface area contributed by atoms with E-state index < -0.39 is 23.6 Å². The van der Waals surface area contributed by atoms with Gasteiger partial charge in [0, 0.05) is 17.3 Å². The first kappa shape index (κ1) is 22.3. The number of imidazole rings is 1. The summed E-state index contributed by atoms with van der Waals surface area (Å²) in [7, 11) is 0. The molecule has 1 aliphatic heterocycles. The van der Waals surface area contributed by atoms with E-state index in [0.29, 0.717) is 0 Å². The lowest BCUT2D eigenvalue weighted by Gasteiger charge is -2.26. The monoisotopic (exact) mass is 461 g/mol. The predicted molar refractivity (Wildman–Crippen MR) is 111 cm³/mol. The lowest BCUT2D eigenvalue weighted by atomic mass is 10.0. The first-order valence-electron chi connectivity index (χ1n) is 9.84. The maximum Gasteiger partial charge on any atom is 0.573 e. The zero-order valence-corrected chi connectivity index (χ0v) is 17.0. The van der Waals surface area contributed by atoms with Gasteiger partial charge in [-0.1, -0.05) is 48.6 Å². The molecule has 2 aromatic carbocycles. The number of halogens is 3. The quantitative estimate of drug-likeness (QED) is 0.374. The minimum Gasteiger partial charge on any atom is -0.461 e. The number of benzene rings is 2. The molecule has 0 aliphatic carbocycles. The van der Waals surface area contributed by atoms with Crippen LogP contribution in [-0.4, -0.2) is 40.2 Å². The van der Waals surface area contributed by atoms with Gasteiger partial charge in [-0.25, -0.2) is 9.55 Å². The smallest absolute Gasteiger partial charge is 0.461 e. The van der Waals surface area contributed by atoms with Crippen LogP contribution in [0.4, 0.5) is 13.2 Å². The van der Waals surface area contributed by atoms with Crippen molar-refractivity contribution in [2.45, 2.75) is 18.6 Å². The molecule has 0 amide bonds. The third-order valence-electron chi connectivity index (χ3n) is 4.89. The molecular formula is C22H18F3N3O5. The van der Waals surface area contributed by atoms with Gasteiger partial charge < -0.3 is 14.2 Å². The minimum atomic E-state index is -4.73. The number of ether oxygens (including phenoxy) is 3. The van der Waals surface area contributed by atoms with Crippen molar-refractivity contribution in [2.75, 3.05) is 13.2 Å². The van der Waals surface area contributed by atoms with Crippen molar-refractivity contribution < 1.29 is 32.3 Å². The van der Waals surface area contributed by atoms with Crippen molar-refractivity contribution in [1.29, 1.82) is 0 Å². The second kappa shape index (κ2) is 9.33. The number of fused-ring (bicyclic) bond motifs is 1. The Labute approximate surface area is 186 Å². The molecule has 0 fully saturated rings. The first-order chi connectivity index (χ1) is 15.8. The Morgan fingerprint density at radius 3 is 2.45 bits per heavy atom. The predicted octanol–water partition coefficient (Wildman–Crippen LogP) is 4.72. The fourth-order valence-corrected chi connectivity index (χ4v) is 3.40. The van der Waals surface area contributed by atoms with Crippen LogP contribution in [0.15, 0.2) is 67.0 Å². The van der Waals surface area contributed by atoms with E-state index >= 15 is 0 Å². The van der Waals surface area contributed by atoms with Gasteiger partial charge in [0.25, 0.3) is 0 Å². The zero-order valence-electron chi connectivity index (χ0n) is 17.0. The molecule has 3 aromatic rings. The van der Waals surface area contributed by atoms with Crippen LogP contribution in [0, 0.1) is 10.1 Å². The van der Waals surface area contributed by atoms with Gasteiger partial charge >= 0.3 is 18.5 Å². The number of hydrogen-bond donors (Lipinski definition) is 0. The molecular weight excluding hydrogens is 443 g/mol. The molecule has 0 N–H and O–H groups in total. The number of nitro groups is 1. The maximum atomic E-state index is 12.3. The molecule has 0 bridgehead atoms. The van der Waals surface area contributed by atoms with Gasteiger partial charge in [-0.3, -0.25) is 10.1 Å². The van der Waals surface area contributed by atoms with E-state index in [2.05, 4.69) is 9.72 Å². The lowest BCUT2D eigenvalue weighted by Crippen LogP contribution is -2.41. The van der Waals surface area contributed by atoms with Crippen LogP contribution < -0.4 is 9.47 Å². The SMILES string of the molecule is O=[N+]([O-])C1C(OCC=Cc2ccc(-c3ccc(OC(F)(F)F)cc3)cc2)COc2nccn21. The van der Waals surface area contributed by atoms with E-state index in [4.69, 9.17) is 9.47 Å². The number of rotatable bonds is 7. The van der Waals surface area contributed by atoms with Crippen LogP contribution in [0.2, 0.25) is 0 Å². The van der Waals surface area contributed by atoms with Crippen molar-refractivity contribution in [3.05, 3.63) is 82.7 Å². The molecule has 172 valence electrons. The molecule has 4 rings (SSSR count). The summed E-state index contributed by atoms with van der Waals surface area (Å²) in [5, 5.41) is 11.5. The van der Waals surface area contributed by atoms with Gasteiger partial charge in [-0.2, -0.15) is 0 Å². The molecule has 0 saturated carbocycles. The fraction of sp³-hybridized carbons (Fsp3) is 0.227. The number of aromatic nitrogens is 2. The summed E-state index contributed by atoms with van der Waals surface area (Å²) < 4.78 is 53.0. The summed E-state index contributed by atoms with van der Waals surface area (Å²) in [4.78, 5) is 14.9. The second-order valence-electron chi connectivity index (χ2n) is 7.10. The highest BCUT2D eigenvalue weighted by molar-refractivity contribution is 5.66. The topological polar surface area (TPSA) is 88.7 Å². The average molecular weight is 461 g/mol. The Bertz CT molecular complexity index is 1130. The molecule has 2 atom stereocenters. The third kappa shape index (κ3) is 5.50. The Hall–Kier alpha value is -3.86. The van der Waals surface area contributed by atoms with E-state index in [9.17, 15) is 23.3 Å². The van der Waals surface area contributed by atoms with Crippen LogP contribution in [0.1, 0.15) is 11.7 Å². The number of nitrogens with zero attached hydrogens (tertiary/aromatic N) is 3. The van der Waals surface area contributed by atoms with Crippen molar-refractivity contribution in [3.8, 4) is 22.9 Å². The molecule has 1 aromatic heterocycles. The molecule has 1 aliphatic rings. The van der Waals surface area contributed by atoms with Crippen molar-refractivity contribution in [3.63, 3.8) is 0 Å². The van der Waals surface area contributed by atoms with E-state index in [1.807, 2.05) is 24.3 Å². The highest BCUT2D eigenvalue weighted by atomic mass is 19.4. The number of alkyl halides is 3. The summed E-state index contributed by atoms with van der Waals surface area (Å²) in [5.41, 5.74) is 2.43. The molecule has 33 heavy (non-hydrogen) atoms. The summed E-state index contributed by atoms with van der Waals surface area (Å²) in [5.74, 6) is -0.280. The molecule has 0 radical (unpaired) electrons. The normalized spacial score (nSPS) is 18.0. The summed E-state index contributed by atoms with van der Waals surface area (Å²) in [6, 6.07) is 13.1. The Kier molecular flexibility index (Phi) is 6.31. The van der Waals surface area contributed by atoms with E-state index in [-0.39, 0.29) is 25.0 Å². The standard InChI is InChI=1S/C22H18F3N3O5/c23-22(24,25)33-18-9-7-17(8-10-18)16-5-3-15(4-6-16)2-1-13-31-19-14-32-21-26-11-12-27(21)20(19)28(29)30/h1-12,19-20H,13-14H2. The van der Waals surface area contributed by atoms with Crippen LogP contribution in [0.25, 0.3) is 17.2 Å². The Morgan fingerprint density at radius 1 is 1.15 bits per heavy atom. The van der Waals surface area contributed by atoms with Crippen LogP contribution in [-0.2, 0) is 4.74 Å². The van der Waals surface area contributed by atoms with Crippen LogP contribution in [0.5, 0.6) is 11.8 Å². The highest BCUT2D eigenvalue weighted by Crippen LogP contribution is 2.28. The molecule has 2 heterocycles. The molecule has 0 saturated heterocycles. The second-order valence-corrected chi connectivity index (χ2v) is 7.10. The summed E-state index contributed by atoms with van der Waals surface area (Å²) in [6.07, 6.45) is -0.156. The lowest BCUT2D eigenvalue weighted by molar-refractivity contribution is -0.565. The Balaban J connectivity index is 1.33. The summed E-state index contributed by atoms with van der Waals surface area (Å²) >= 11 is 0. The van der Waals surface area contributed by atoms with E-state index in [1.54, 1.807) is 24.3 Å². The average Bonchev–Trinajstić information content (AvgIpc) is 3.25. The number of hydrogen-bond acceptors (Lipinski definition) is 6. The molecule has 0 spiro atoms. The van der Waals surface area contributed by atoms with Crippen LogP contribution >= 0.6 is 0 Å². The van der Waals surface area contributed by atoms with Crippen molar-refractivity contribution >= 4 is 6.08 Å². The third-order valence-corrected chi connectivity index (χ3v) is 4.89. The first-order valence-corrected chi connectivity index (χ1v) is 9.84. The van der Waals surface area contributed by atoms with Gasteiger partial charge in [0.05, 0.1) is 6.61 Å². The van der Waals surface area contributed by atoms with Gasteiger partial charge in [0.15, 0.2) is 6.10 Å².